The van der Waals surface area contributed by atoms with Crippen molar-refractivity contribution >= 4 is 122 Å². The topological polar surface area (TPSA) is 209 Å². The van der Waals surface area contributed by atoms with Gasteiger partial charge in [0.05, 0.1) is 46.7 Å². The minimum absolute atomic E-state index is 0.0656. The lowest BCUT2D eigenvalue weighted by Crippen LogP contribution is -2.47. The zero-order chi connectivity index (χ0) is 57.2. The fourth-order valence-corrected chi connectivity index (χ4v) is 15.4. The maximum Gasteiger partial charge on any atom is 0.410 e. The summed E-state index contributed by atoms with van der Waals surface area (Å²) >= 11 is 17.3. The van der Waals surface area contributed by atoms with Gasteiger partial charge in [-0.3, -0.25) is 29.4 Å². The van der Waals surface area contributed by atoms with E-state index in [4.69, 9.17) is 9.47 Å². The molecule has 424 valence electrons. The maximum atomic E-state index is 13.4. The van der Waals surface area contributed by atoms with Gasteiger partial charge >= 0.3 is 12.2 Å². The van der Waals surface area contributed by atoms with Gasteiger partial charge in [0.15, 0.2) is 7.83 Å². The van der Waals surface area contributed by atoms with Crippen LogP contribution in [-0.2, 0) is 44.7 Å². The van der Waals surface area contributed by atoms with Gasteiger partial charge in [0.1, 0.15) is 23.4 Å². The molecule has 0 radical (unpaired) electrons. The van der Waals surface area contributed by atoms with Crippen LogP contribution in [0.15, 0.2) is 102 Å². The van der Waals surface area contributed by atoms with E-state index in [0.717, 1.165) is 77.8 Å². The lowest BCUT2D eigenvalue weighted by molar-refractivity contribution is -0.118. The number of aryl methyl sites for hydroxylation is 2. The summed E-state index contributed by atoms with van der Waals surface area (Å²) in [6, 6.07) is 17.7. The average Bonchev–Trinajstić information content (AvgIpc) is 4.35. The number of hydrogen-bond acceptors (Lipinski definition) is 14. The van der Waals surface area contributed by atoms with Crippen LogP contribution in [-0.4, -0.2) is 99.3 Å². The molecule has 22 heteroatoms. The third-order valence-electron chi connectivity index (χ3n) is 14.6. The summed E-state index contributed by atoms with van der Waals surface area (Å²) in [5.74, 6) is -0.644. The molecule has 4 aromatic heterocycles. The van der Waals surface area contributed by atoms with Gasteiger partial charge in [-0.2, -0.15) is 0 Å². The summed E-state index contributed by atoms with van der Waals surface area (Å²) < 4.78 is 14.7. The summed E-state index contributed by atoms with van der Waals surface area (Å²) in [4.78, 5) is 75.9. The Bertz CT molecular complexity index is 3000. The molecule has 10 rings (SSSR count). The summed E-state index contributed by atoms with van der Waals surface area (Å²) in [7, 11) is 0. The molecule has 16 nitrogen and oxygen atoms in total. The highest BCUT2D eigenvalue weighted by atomic mass is 79.9. The molecule has 2 saturated heterocycles. The Morgan fingerprint density at radius 1 is 0.613 bits per heavy atom. The fourth-order valence-electron chi connectivity index (χ4n) is 11.1. The van der Waals surface area contributed by atoms with Gasteiger partial charge < -0.3 is 30.3 Å². The number of carbonyl (C=O) groups excluding carboxylic acids is 4. The Hall–Kier alpha value is -4.68. The highest BCUT2D eigenvalue weighted by Gasteiger charge is 2.45. The van der Waals surface area contributed by atoms with Crippen molar-refractivity contribution in [3.8, 4) is 0 Å². The Balaban J connectivity index is 0.000000194. The maximum absolute atomic E-state index is 13.4. The number of benzene rings is 2. The van der Waals surface area contributed by atoms with Crippen LogP contribution in [0.25, 0.3) is 0 Å². The number of likely N-dealkylation sites (tertiary alicyclic amines) is 2. The molecule has 2 fully saturated rings. The molecule has 6 heterocycles. The second-order valence-corrected chi connectivity index (χ2v) is 29.0. The number of thiazole rings is 2. The number of carbonyl (C=O) groups is 4. The number of ether oxygens (including phenoxy) is 2. The summed E-state index contributed by atoms with van der Waals surface area (Å²) in [5, 5.41) is 28.5. The monoisotopic (exact) mass is 1380 g/mol. The summed E-state index contributed by atoms with van der Waals surface area (Å²) in [5.41, 5.74) is 5.15. The van der Waals surface area contributed by atoms with Crippen molar-refractivity contribution in [1.29, 1.82) is 0 Å². The van der Waals surface area contributed by atoms with Crippen LogP contribution in [0.2, 0.25) is 0 Å². The first-order valence-corrected chi connectivity index (χ1v) is 31.5. The molecule has 0 bridgehead atoms. The number of anilines is 2. The second-order valence-electron chi connectivity index (χ2n) is 22.6. The Labute approximate surface area is 507 Å². The quantitative estimate of drug-likeness (QED) is 0.0902. The Morgan fingerprint density at radius 2 is 1.01 bits per heavy atom. The summed E-state index contributed by atoms with van der Waals surface area (Å²) in [6.07, 6.45) is 11.1. The Morgan fingerprint density at radius 3 is 1.36 bits per heavy atom. The average molecular weight is 1380 g/mol. The summed E-state index contributed by atoms with van der Waals surface area (Å²) in [6.45, 7) is 11.0. The third kappa shape index (κ3) is 14.4. The van der Waals surface area contributed by atoms with E-state index in [1.807, 2.05) is 90.1 Å². The fraction of sp³-hybridized carbons (Fsp3) is 0.448. The van der Waals surface area contributed by atoms with E-state index < -0.39 is 47.7 Å². The van der Waals surface area contributed by atoms with Crippen LogP contribution in [0.5, 0.6) is 0 Å². The lowest BCUT2D eigenvalue weighted by atomic mass is 10.0. The van der Waals surface area contributed by atoms with Crippen molar-refractivity contribution < 1.29 is 38.9 Å². The first-order valence-electron chi connectivity index (χ1n) is 26.7. The molecular formula is C58H64Br4N8O8S2. The zero-order valence-electron chi connectivity index (χ0n) is 45.1. The minimum Gasteiger partial charge on any atom is -0.444 e. The molecule has 6 aromatic rings. The predicted molar refractivity (Wildman–Crippen MR) is 323 cm³/mol. The van der Waals surface area contributed by atoms with Crippen LogP contribution in [0, 0.1) is 0 Å². The molecule has 2 aliphatic heterocycles. The number of aliphatic hydroxyl groups excluding tert-OH is 2. The van der Waals surface area contributed by atoms with Crippen molar-refractivity contribution in [2.75, 3.05) is 10.6 Å². The van der Waals surface area contributed by atoms with Gasteiger partial charge in [0.2, 0.25) is 11.8 Å². The van der Waals surface area contributed by atoms with Crippen LogP contribution >= 0.6 is 86.4 Å². The van der Waals surface area contributed by atoms with E-state index in [1.165, 1.54) is 9.75 Å². The molecule has 0 saturated carbocycles. The normalized spacial score (nSPS) is 21.2. The number of halogens is 4. The largest absolute Gasteiger partial charge is 0.444 e. The minimum atomic E-state index is -0.870. The van der Waals surface area contributed by atoms with Crippen LogP contribution in [0.1, 0.15) is 148 Å². The molecule has 80 heavy (non-hydrogen) atoms. The van der Waals surface area contributed by atoms with E-state index in [2.05, 4.69) is 94.3 Å². The van der Waals surface area contributed by atoms with E-state index in [9.17, 15) is 29.4 Å². The van der Waals surface area contributed by atoms with Crippen molar-refractivity contribution in [2.45, 2.75) is 165 Å². The molecule has 4 aliphatic rings. The van der Waals surface area contributed by atoms with E-state index in [-0.39, 0.29) is 35.7 Å². The van der Waals surface area contributed by atoms with Crippen molar-refractivity contribution in [3.63, 3.8) is 0 Å². The Kier molecular flexibility index (Phi) is 19.1. The second kappa shape index (κ2) is 25.4. The van der Waals surface area contributed by atoms with Crippen LogP contribution in [0.3, 0.4) is 0 Å². The third-order valence-corrected chi connectivity index (χ3v) is 19.1. The van der Waals surface area contributed by atoms with Gasteiger partial charge in [-0.1, -0.05) is 24.3 Å². The van der Waals surface area contributed by atoms with Crippen molar-refractivity contribution in [3.05, 3.63) is 146 Å². The number of pyridine rings is 2. The van der Waals surface area contributed by atoms with Gasteiger partial charge in [0.25, 0.3) is 0 Å². The number of amides is 4. The zero-order valence-corrected chi connectivity index (χ0v) is 53.1. The van der Waals surface area contributed by atoms with E-state index in [0.29, 0.717) is 48.2 Å². The van der Waals surface area contributed by atoms with Crippen LogP contribution < -0.4 is 10.6 Å². The van der Waals surface area contributed by atoms with E-state index >= 15 is 0 Å². The van der Waals surface area contributed by atoms with E-state index in [1.54, 1.807) is 69.4 Å². The number of aromatic nitrogens is 4. The van der Waals surface area contributed by atoms with Gasteiger partial charge in [0, 0.05) is 66.7 Å². The molecule has 4 N–H and O–H groups in total. The molecule has 0 spiro atoms. The first kappa shape index (κ1) is 59.9. The number of fused-ring (bicyclic) bond motifs is 2. The standard InChI is InChI=1S/2C29H32Br2N4O4S/c2*1-29(2,3)39-28(38)35-18(7-10-22(35)25(36)17-5-4-12-32-15-17)13-16-6-9-21(20(30)14-16)33-26(37)19-8-11-23-24(19)34-27(31)40-23/h2*4-6,9,12,14-15,18-19,22,25,36H,7-8,10-11,13H2,1-3H3,(H,33,37)/t18-,19+,22+,25+;18-,19-,22+,25+/m00/s1. The van der Waals surface area contributed by atoms with Gasteiger partial charge in [-0.05, 0) is 217 Å². The molecule has 2 aromatic carbocycles. The predicted octanol–water partition coefficient (Wildman–Crippen LogP) is 13.6. The number of rotatable bonds is 12. The molecule has 8 atom stereocenters. The highest BCUT2D eigenvalue weighted by molar-refractivity contribution is 9.11. The van der Waals surface area contributed by atoms with Gasteiger partial charge in [-0.25, -0.2) is 19.6 Å². The molecule has 2 aliphatic carbocycles. The smallest absolute Gasteiger partial charge is 0.410 e. The van der Waals surface area contributed by atoms with Crippen molar-refractivity contribution in [2.24, 2.45) is 0 Å². The van der Waals surface area contributed by atoms with Crippen LogP contribution in [0.4, 0.5) is 21.0 Å². The molecule has 0 unspecified atom stereocenters. The molecular weight excluding hydrogens is 1320 g/mol. The first-order chi connectivity index (χ1) is 38.0. The number of nitrogens with zero attached hydrogens (tertiary/aromatic N) is 6. The highest BCUT2D eigenvalue weighted by Crippen LogP contribution is 2.43. The number of nitrogens with one attached hydrogen (secondary N) is 2. The lowest BCUT2D eigenvalue weighted by Gasteiger charge is -2.34. The SMILES string of the molecule is CC(C)(C)OC(=O)N1[C@H](Cc2ccc(NC(=O)[C@@H]3CCc4sc(Br)nc43)c(Br)c2)CC[C@@H]1[C@H](O)c1cccnc1.CC(C)(C)OC(=O)N1[C@H](Cc2ccc(NC(=O)[C@H]3CCc4sc(Br)nc43)c(Br)c2)CC[C@@H]1[C@H](O)c1cccnc1. The van der Waals surface area contributed by atoms with Crippen molar-refractivity contribution in [1.82, 2.24) is 29.7 Å². The van der Waals surface area contributed by atoms with Gasteiger partial charge in [-0.15, -0.1) is 22.7 Å². The number of hydrogen-bond donors (Lipinski definition) is 4. The number of aliphatic hydroxyl groups is 2. The molecule has 4 amide bonds.